The summed E-state index contributed by atoms with van der Waals surface area (Å²) in [4.78, 5) is 11.9. The Morgan fingerprint density at radius 1 is 1.03 bits per heavy atom. The van der Waals surface area contributed by atoms with Crippen LogP contribution in [-0.4, -0.2) is 17.7 Å². The standard InChI is InChI=1S/C25H23NO3/c1-2-29-17-12-10-15(11-13-17)23-21-14-16-6-3-4-7-18(16)22(21)19-8-5-9-20(25(27)28)24(19)26-23/h3-13,21-23,26H,2,14H2,1H3,(H,27,28)/t21-,22-,23-/m0/s1. The predicted molar refractivity (Wildman–Crippen MR) is 113 cm³/mol. The first-order valence-electron chi connectivity index (χ1n) is 10.1. The van der Waals surface area contributed by atoms with Gasteiger partial charge in [0.05, 0.1) is 23.9 Å². The van der Waals surface area contributed by atoms with E-state index in [1.807, 2.05) is 25.1 Å². The third-order valence-electron chi connectivity index (χ3n) is 6.21. The highest BCUT2D eigenvalue weighted by Crippen LogP contribution is 2.54. The number of para-hydroxylation sites is 1. The van der Waals surface area contributed by atoms with E-state index in [2.05, 4.69) is 47.8 Å². The molecule has 5 rings (SSSR count). The molecule has 0 aromatic heterocycles. The number of ether oxygens (including phenoxy) is 1. The molecule has 0 radical (unpaired) electrons. The fourth-order valence-electron chi connectivity index (χ4n) is 5.03. The number of nitrogens with one attached hydrogen (secondary N) is 1. The summed E-state index contributed by atoms with van der Waals surface area (Å²) in [5.41, 5.74) is 6.00. The molecule has 0 fully saturated rings. The van der Waals surface area contributed by atoms with E-state index in [1.165, 1.54) is 11.1 Å². The van der Waals surface area contributed by atoms with Crippen LogP contribution in [-0.2, 0) is 6.42 Å². The van der Waals surface area contributed by atoms with E-state index >= 15 is 0 Å². The average Bonchev–Trinajstić information content (AvgIpc) is 3.13. The van der Waals surface area contributed by atoms with Crippen LogP contribution in [0.15, 0.2) is 66.7 Å². The van der Waals surface area contributed by atoms with E-state index in [1.54, 1.807) is 6.07 Å². The number of carboxylic acid groups (broad SMARTS) is 1. The Morgan fingerprint density at radius 2 is 1.79 bits per heavy atom. The molecule has 4 heteroatoms. The van der Waals surface area contributed by atoms with Crippen LogP contribution in [0, 0.1) is 5.92 Å². The number of carboxylic acids is 1. The van der Waals surface area contributed by atoms with Crippen LogP contribution < -0.4 is 10.1 Å². The minimum absolute atomic E-state index is 0.0380. The zero-order valence-corrected chi connectivity index (χ0v) is 16.3. The van der Waals surface area contributed by atoms with Crippen molar-refractivity contribution < 1.29 is 14.6 Å². The molecule has 0 saturated heterocycles. The lowest BCUT2D eigenvalue weighted by atomic mass is 9.75. The summed E-state index contributed by atoms with van der Waals surface area (Å²) in [5, 5.41) is 13.4. The Bertz CT molecular complexity index is 1070. The van der Waals surface area contributed by atoms with Crippen LogP contribution in [0.4, 0.5) is 5.69 Å². The van der Waals surface area contributed by atoms with Gasteiger partial charge in [0.15, 0.2) is 0 Å². The monoisotopic (exact) mass is 385 g/mol. The molecule has 0 unspecified atom stereocenters. The highest BCUT2D eigenvalue weighted by Gasteiger charge is 2.44. The number of carbonyl (C=O) groups is 1. The Kier molecular flexibility index (Phi) is 4.27. The molecule has 1 heterocycles. The van der Waals surface area contributed by atoms with Gasteiger partial charge in [-0.2, -0.15) is 0 Å². The molecule has 2 aliphatic rings. The highest BCUT2D eigenvalue weighted by atomic mass is 16.5. The number of rotatable bonds is 4. The minimum atomic E-state index is -0.899. The van der Waals surface area contributed by atoms with Gasteiger partial charge in [-0.1, -0.05) is 48.5 Å². The van der Waals surface area contributed by atoms with Crippen molar-refractivity contribution in [1.29, 1.82) is 0 Å². The second-order valence-electron chi connectivity index (χ2n) is 7.74. The zero-order chi connectivity index (χ0) is 20.0. The van der Waals surface area contributed by atoms with Gasteiger partial charge in [-0.25, -0.2) is 4.79 Å². The fraction of sp³-hybridized carbons (Fsp3) is 0.240. The van der Waals surface area contributed by atoms with Crippen LogP contribution in [0.3, 0.4) is 0 Å². The minimum Gasteiger partial charge on any atom is -0.494 e. The van der Waals surface area contributed by atoms with E-state index in [0.717, 1.165) is 29.0 Å². The molecule has 3 atom stereocenters. The molecule has 146 valence electrons. The molecule has 0 saturated carbocycles. The molecule has 4 nitrogen and oxygen atoms in total. The predicted octanol–water partition coefficient (Wildman–Crippen LogP) is 5.25. The lowest BCUT2D eigenvalue weighted by Crippen LogP contribution is -2.31. The summed E-state index contributed by atoms with van der Waals surface area (Å²) >= 11 is 0. The molecule has 3 aromatic rings. The van der Waals surface area contributed by atoms with Gasteiger partial charge in [0.25, 0.3) is 0 Å². The van der Waals surface area contributed by atoms with Crippen molar-refractivity contribution in [1.82, 2.24) is 0 Å². The molecule has 0 amide bonds. The second kappa shape index (κ2) is 6.96. The topological polar surface area (TPSA) is 58.6 Å². The van der Waals surface area contributed by atoms with Crippen molar-refractivity contribution in [2.24, 2.45) is 5.92 Å². The highest BCUT2D eigenvalue weighted by molar-refractivity contribution is 5.96. The summed E-state index contributed by atoms with van der Waals surface area (Å²) in [5.74, 6) is 0.481. The molecule has 0 bridgehead atoms. The van der Waals surface area contributed by atoms with Crippen LogP contribution >= 0.6 is 0 Å². The average molecular weight is 385 g/mol. The summed E-state index contributed by atoms with van der Waals surface area (Å²) < 4.78 is 5.59. The Morgan fingerprint density at radius 3 is 2.55 bits per heavy atom. The van der Waals surface area contributed by atoms with E-state index in [9.17, 15) is 9.90 Å². The molecule has 29 heavy (non-hydrogen) atoms. The van der Waals surface area contributed by atoms with Gasteiger partial charge in [0, 0.05) is 5.92 Å². The van der Waals surface area contributed by atoms with Gasteiger partial charge >= 0.3 is 5.97 Å². The van der Waals surface area contributed by atoms with Crippen molar-refractivity contribution in [2.75, 3.05) is 11.9 Å². The van der Waals surface area contributed by atoms with Gasteiger partial charge in [-0.05, 0) is 59.7 Å². The Balaban J connectivity index is 1.64. The lowest BCUT2D eigenvalue weighted by Gasteiger charge is -2.38. The maximum absolute atomic E-state index is 11.9. The molecule has 1 aliphatic carbocycles. The molecular weight excluding hydrogens is 362 g/mol. The van der Waals surface area contributed by atoms with Gasteiger partial charge < -0.3 is 15.2 Å². The molecule has 2 N–H and O–H groups in total. The Hall–Kier alpha value is -3.27. The normalized spacial score (nSPS) is 21.5. The third-order valence-corrected chi connectivity index (χ3v) is 6.21. The number of anilines is 1. The van der Waals surface area contributed by atoms with Crippen LogP contribution in [0.5, 0.6) is 5.75 Å². The molecule has 3 aromatic carbocycles. The van der Waals surface area contributed by atoms with E-state index in [-0.39, 0.29) is 12.0 Å². The largest absolute Gasteiger partial charge is 0.494 e. The van der Waals surface area contributed by atoms with Crippen molar-refractivity contribution in [3.8, 4) is 5.75 Å². The summed E-state index contributed by atoms with van der Waals surface area (Å²) in [6.07, 6.45) is 0.975. The van der Waals surface area contributed by atoms with Crippen molar-refractivity contribution in [3.05, 3.63) is 94.5 Å². The molecule has 0 spiro atoms. The first-order valence-corrected chi connectivity index (χ1v) is 10.1. The number of aromatic carboxylic acids is 1. The molecular formula is C25H23NO3. The van der Waals surface area contributed by atoms with Crippen molar-refractivity contribution in [3.63, 3.8) is 0 Å². The first kappa shape index (κ1) is 17.8. The lowest BCUT2D eigenvalue weighted by molar-refractivity contribution is 0.0697. The fourth-order valence-corrected chi connectivity index (χ4v) is 5.03. The van der Waals surface area contributed by atoms with Gasteiger partial charge in [-0.15, -0.1) is 0 Å². The van der Waals surface area contributed by atoms with Gasteiger partial charge in [0.1, 0.15) is 5.75 Å². The smallest absolute Gasteiger partial charge is 0.337 e. The number of fused-ring (bicyclic) bond motifs is 5. The Labute approximate surface area is 170 Å². The van der Waals surface area contributed by atoms with Crippen molar-refractivity contribution in [2.45, 2.75) is 25.3 Å². The first-order chi connectivity index (χ1) is 14.2. The van der Waals surface area contributed by atoms with E-state index in [4.69, 9.17) is 4.74 Å². The summed E-state index contributed by atoms with van der Waals surface area (Å²) in [7, 11) is 0. The SMILES string of the molecule is CCOc1ccc([C@@H]2Nc3c(C(=O)O)cccc3[C@@H]3c4ccccc4C[C@@H]32)cc1. The van der Waals surface area contributed by atoms with E-state index < -0.39 is 5.97 Å². The van der Waals surface area contributed by atoms with E-state index in [0.29, 0.717) is 18.1 Å². The van der Waals surface area contributed by atoms with Gasteiger partial charge in [-0.3, -0.25) is 0 Å². The summed E-state index contributed by atoms with van der Waals surface area (Å²) in [6.45, 7) is 2.61. The van der Waals surface area contributed by atoms with Crippen LogP contribution in [0.1, 0.15) is 51.5 Å². The number of benzene rings is 3. The van der Waals surface area contributed by atoms with Crippen molar-refractivity contribution >= 4 is 11.7 Å². The third kappa shape index (κ3) is 2.87. The summed E-state index contributed by atoms with van der Waals surface area (Å²) in [6, 6.07) is 22.4. The van der Waals surface area contributed by atoms with Crippen LogP contribution in [0.25, 0.3) is 0 Å². The quantitative estimate of drug-likeness (QED) is 0.644. The maximum atomic E-state index is 11.9. The maximum Gasteiger partial charge on any atom is 0.337 e. The van der Waals surface area contributed by atoms with Gasteiger partial charge in [0.2, 0.25) is 0 Å². The number of hydrogen-bond donors (Lipinski definition) is 2. The molecule has 1 aliphatic heterocycles. The van der Waals surface area contributed by atoms with Crippen LogP contribution in [0.2, 0.25) is 0 Å². The zero-order valence-electron chi connectivity index (χ0n) is 16.3. The number of hydrogen-bond acceptors (Lipinski definition) is 3. The second-order valence-corrected chi connectivity index (χ2v) is 7.74.